The third-order valence-corrected chi connectivity index (χ3v) is 12.4. The second-order valence-corrected chi connectivity index (χ2v) is 15.9. The van der Waals surface area contributed by atoms with Crippen molar-refractivity contribution < 1.29 is 59.5 Å². The van der Waals surface area contributed by atoms with E-state index in [9.17, 15) is 40.9 Å². The van der Waals surface area contributed by atoms with Gasteiger partial charge in [-0.1, -0.05) is 20.8 Å². The molecule has 1 unspecified atom stereocenters. The number of hydrogen-bond donors (Lipinski definition) is 8. The highest BCUT2D eigenvalue weighted by molar-refractivity contribution is 6.74. The Morgan fingerprint density at radius 1 is 0.914 bits per heavy atom. The molecule has 0 amide bonds. The van der Waals surface area contributed by atoms with Gasteiger partial charge in [-0.25, -0.2) is 0 Å². The molecule has 2 aliphatic heterocycles. The standard InChI is InChI=1S/C22H44O12Si/c1-21(2,3)35(5,6)32-10-22(19(30)18(29)17(28)13(9-24)34-22)14(25)7-11-15(26)12(8-23)33-20(31-4)16(11)27/h11-20,23-30H,7-10H2,1-6H3/t11-,12+,13+,14?,15+,16+,17-,18-,19+,20+,22+/m0/s1. The van der Waals surface area contributed by atoms with E-state index in [1.54, 1.807) is 0 Å². The first-order valence-corrected chi connectivity index (χ1v) is 14.8. The molecule has 2 fully saturated rings. The molecule has 0 bridgehead atoms. The zero-order valence-corrected chi connectivity index (χ0v) is 22.3. The molecule has 208 valence electrons. The largest absolute Gasteiger partial charge is 0.414 e. The van der Waals surface area contributed by atoms with E-state index in [-0.39, 0.29) is 11.5 Å². The number of aliphatic hydroxyl groups excluding tert-OH is 8. The lowest BCUT2D eigenvalue weighted by molar-refractivity contribution is -0.316. The van der Waals surface area contributed by atoms with Gasteiger partial charge in [0.05, 0.1) is 32.0 Å². The van der Waals surface area contributed by atoms with Gasteiger partial charge in [0, 0.05) is 13.0 Å². The van der Waals surface area contributed by atoms with Crippen LogP contribution in [0.15, 0.2) is 0 Å². The number of methoxy groups -OCH3 is 1. The molecule has 0 saturated carbocycles. The summed E-state index contributed by atoms with van der Waals surface area (Å²) in [5.74, 6) is -1.09. The van der Waals surface area contributed by atoms with Crippen LogP contribution in [0.1, 0.15) is 27.2 Å². The molecule has 2 heterocycles. The first kappa shape index (κ1) is 31.0. The van der Waals surface area contributed by atoms with E-state index in [0.717, 1.165) is 0 Å². The van der Waals surface area contributed by atoms with Crippen LogP contribution in [0.3, 0.4) is 0 Å². The molecule has 0 spiro atoms. The molecule has 0 aromatic heterocycles. The summed E-state index contributed by atoms with van der Waals surface area (Å²) in [6.07, 6.45) is -13.7. The molecular weight excluding hydrogens is 484 g/mol. The Morgan fingerprint density at radius 3 is 1.97 bits per heavy atom. The van der Waals surface area contributed by atoms with Crippen LogP contribution in [-0.4, -0.2) is 137 Å². The van der Waals surface area contributed by atoms with Crippen LogP contribution in [0.5, 0.6) is 0 Å². The van der Waals surface area contributed by atoms with Crippen LogP contribution in [0.25, 0.3) is 0 Å². The molecule has 2 aliphatic rings. The van der Waals surface area contributed by atoms with Gasteiger partial charge >= 0.3 is 0 Å². The monoisotopic (exact) mass is 528 g/mol. The Labute approximate surface area is 207 Å². The number of hydrogen-bond acceptors (Lipinski definition) is 12. The minimum atomic E-state index is -2.48. The van der Waals surface area contributed by atoms with E-state index in [4.69, 9.17) is 18.6 Å². The minimum absolute atomic E-state index is 0.250. The summed E-state index contributed by atoms with van der Waals surface area (Å²) in [4.78, 5) is 0. The summed E-state index contributed by atoms with van der Waals surface area (Å²) in [7, 11) is -1.20. The molecule has 0 aliphatic carbocycles. The summed E-state index contributed by atoms with van der Waals surface area (Å²) in [6, 6.07) is 0. The molecule has 0 aromatic rings. The van der Waals surface area contributed by atoms with Crippen LogP contribution in [0.4, 0.5) is 0 Å². The second-order valence-electron chi connectivity index (χ2n) is 11.1. The average Bonchev–Trinajstić information content (AvgIpc) is 2.79. The Bertz CT molecular complexity index is 657. The van der Waals surface area contributed by atoms with Crippen molar-refractivity contribution in [3.05, 3.63) is 0 Å². The van der Waals surface area contributed by atoms with Crippen molar-refractivity contribution in [3.8, 4) is 0 Å². The van der Waals surface area contributed by atoms with Gasteiger partial charge in [0.15, 0.2) is 14.6 Å². The maximum atomic E-state index is 11.4. The molecule has 11 atom stereocenters. The number of ether oxygens (including phenoxy) is 3. The highest BCUT2D eigenvalue weighted by Crippen LogP contribution is 2.42. The maximum absolute atomic E-state index is 11.4. The summed E-state index contributed by atoms with van der Waals surface area (Å²) in [6.45, 7) is 8.19. The molecular formula is C22H44O12Si. The fourth-order valence-electron chi connectivity index (χ4n) is 4.36. The fourth-order valence-corrected chi connectivity index (χ4v) is 5.38. The Morgan fingerprint density at radius 2 is 1.49 bits per heavy atom. The molecule has 13 heteroatoms. The van der Waals surface area contributed by atoms with Gasteiger partial charge in [0.25, 0.3) is 0 Å². The highest BCUT2D eigenvalue weighted by atomic mass is 28.4. The summed E-state index contributed by atoms with van der Waals surface area (Å²) < 4.78 is 22.6. The fraction of sp³-hybridized carbons (Fsp3) is 1.00. The van der Waals surface area contributed by atoms with Crippen molar-refractivity contribution in [1.29, 1.82) is 0 Å². The van der Waals surface area contributed by atoms with Gasteiger partial charge in [0.2, 0.25) is 0 Å². The number of rotatable bonds is 9. The quantitative estimate of drug-likeness (QED) is 0.149. The van der Waals surface area contributed by atoms with E-state index in [2.05, 4.69) is 0 Å². The average molecular weight is 529 g/mol. The Hall–Kier alpha value is -0.263. The van der Waals surface area contributed by atoms with Crippen LogP contribution in [0.2, 0.25) is 18.1 Å². The molecule has 35 heavy (non-hydrogen) atoms. The first-order chi connectivity index (χ1) is 16.1. The number of aliphatic hydroxyl groups is 8. The molecule has 8 N–H and O–H groups in total. The van der Waals surface area contributed by atoms with Crippen molar-refractivity contribution in [3.63, 3.8) is 0 Å². The van der Waals surface area contributed by atoms with E-state index < -0.39 is 94.8 Å². The van der Waals surface area contributed by atoms with E-state index >= 15 is 0 Å². The lowest BCUT2D eigenvalue weighted by Gasteiger charge is -2.53. The van der Waals surface area contributed by atoms with E-state index in [1.165, 1.54) is 7.11 Å². The van der Waals surface area contributed by atoms with Gasteiger partial charge in [0.1, 0.15) is 42.2 Å². The summed E-state index contributed by atoms with van der Waals surface area (Å²) >= 11 is 0. The molecule has 2 saturated heterocycles. The van der Waals surface area contributed by atoms with Gasteiger partial charge in [-0.3, -0.25) is 0 Å². The van der Waals surface area contributed by atoms with Gasteiger partial charge in [-0.05, 0) is 24.6 Å². The van der Waals surface area contributed by atoms with Crippen molar-refractivity contribution >= 4 is 8.32 Å². The second kappa shape index (κ2) is 11.6. The van der Waals surface area contributed by atoms with Crippen molar-refractivity contribution in [2.24, 2.45) is 5.92 Å². The van der Waals surface area contributed by atoms with Crippen molar-refractivity contribution in [2.45, 2.75) is 106 Å². The lowest BCUT2D eigenvalue weighted by atomic mass is 9.75. The third-order valence-electron chi connectivity index (χ3n) is 7.89. The van der Waals surface area contributed by atoms with Crippen LogP contribution >= 0.6 is 0 Å². The van der Waals surface area contributed by atoms with E-state index in [1.807, 2.05) is 33.9 Å². The predicted octanol–water partition coefficient (Wildman–Crippen LogP) is -2.33. The van der Waals surface area contributed by atoms with Crippen molar-refractivity contribution in [1.82, 2.24) is 0 Å². The first-order valence-electron chi connectivity index (χ1n) is 11.9. The molecule has 0 radical (unpaired) electrons. The van der Waals surface area contributed by atoms with E-state index in [0.29, 0.717) is 0 Å². The van der Waals surface area contributed by atoms with Gasteiger partial charge < -0.3 is 59.5 Å². The normalized spacial score (nSPS) is 42.2. The smallest absolute Gasteiger partial charge is 0.192 e. The Kier molecular flexibility index (Phi) is 10.3. The topological polar surface area (TPSA) is 199 Å². The third kappa shape index (κ3) is 6.08. The predicted molar refractivity (Wildman–Crippen MR) is 125 cm³/mol. The maximum Gasteiger partial charge on any atom is 0.192 e. The molecule has 2 rings (SSSR count). The summed E-state index contributed by atoms with van der Waals surface area (Å²) in [5.41, 5.74) is -2.02. The van der Waals surface area contributed by atoms with Crippen LogP contribution in [0, 0.1) is 5.92 Å². The zero-order chi connectivity index (χ0) is 26.9. The lowest BCUT2D eigenvalue weighted by Crippen LogP contribution is -2.72. The van der Waals surface area contributed by atoms with Crippen LogP contribution in [-0.2, 0) is 18.6 Å². The summed E-state index contributed by atoms with van der Waals surface area (Å²) in [5, 5.41) is 83.8. The SMILES string of the molecule is CO[C@@H]1O[C@H](CO)[C@H](O)[C@H](CC(O)[C@@]2(CO[Si](C)(C)C(C)(C)C)O[C@H](CO)[C@H](O)[C@H](O)[C@H]2O)[C@H]1O. The molecule has 0 aromatic carbocycles. The molecule has 12 nitrogen and oxygen atoms in total. The minimum Gasteiger partial charge on any atom is -0.414 e. The zero-order valence-electron chi connectivity index (χ0n) is 21.3. The van der Waals surface area contributed by atoms with Gasteiger partial charge in [-0.2, -0.15) is 0 Å². The van der Waals surface area contributed by atoms with Gasteiger partial charge in [-0.15, -0.1) is 0 Å². The highest BCUT2D eigenvalue weighted by Gasteiger charge is 2.59. The Balaban J connectivity index is 2.43. The van der Waals surface area contributed by atoms with Crippen LogP contribution < -0.4 is 0 Å². The van der Waals surface area contributed by atoms with Crippen molar-refractivity contribution in [2.75, 3.05) is 26.9 Å².